The van der Waals surface area contributed by atoms with E-state index in [1.807, 2.05) is 0 Å². The highest BCUT2D eigenvalue weighted by atomic mass is 15.2. The second-order valence-electron chi connectivity index (χ2n) is 6.09. The minimum Gasteiger partial charge on any atom is -0.330 e. The summed E-state index contributed by atoms with van der Waals surface area (Å²) in [5.74, 6) is 1.77. The highest BCUT2D eigenvalue weighted by Gasteiger charge is 2.32. The Balaban J connectivity index is 1.82. The largest absolute Gasteiger partial charge is 0.330 e. The Morgan fingerprint density at radius 2 is 1.94 bits per heavy atom. The van der Waals surface area contributed by atoms with E-state index in [0.717, 1.165) is 24.4 Å². The molecule has 0 amide bonds. The van der Waals surface area contributed by atoms with Gasteiger partial charge in [0.25, 0.3) is 0 Å². The van der Waals surface area contributed by atoms with Gasteiger partial charge < -0.3 is 10.6 Å². The molecule has 2 aliphatic rings. The van der Waals surface area contributed by atoms with Gasteiger partial charge in [0.2, 0.25) is 0 Å². The van der Waals surface area contributed by atoms with E-state index >= 15 is 0 Å². The molecule has 0 aromatic carbocycles. The second kappa shape index (κ2) is 6.75. The van der Waals surface area contributed by atoms with E-state index in [0.29, 0.717) is 0 Å². The summed E-state index contributed by atoms with van der Waals surface area (Å²) in [6, 6.07) is 0.924. The van der Waals surface area contributed by atoms with E-state index in [-0.39, 0.29) is 0 Å². The van der Waals surface area contributed by atoms with Crippen molar-refractivity contribution in [3.8, 4) is 0 Å². The fourth-order valence-electron chi connectivity index (χ4n) is 3.84. The smallest absolute Gasteiger partial charge is 0.0123 e. The van der Waals surface area contributed by atoms with Gasteiger partial charge in [-0.15, -0.1) is 0 Å². The number of piperidine rings is 1. The van der Waals surface area contributed by atoms with Gasteiger partial charge in [-0.25, -0.2) is 0 Å². The molecule has 3 atom stereocenters. The van der Waals surface area contributed by atoms with Crippen molar-refractivity contribution in [1.82, 2.24) is 4.90 Å². The third-order valence-electron chi connectivity index (χ3n) is 5.09. The molecule has 0 radical (unpaired) electrons. The molecule has 0 bridgehead atoms. The lowest BCUT2D eigenvalue weighted by Crippen LogP contribution is -2.47. The van der Waals surface area contributed by atoms with Crippen LogP contribution in [0, 0.1) is 11.8 Å². The Labute approximate surface area is 107 Å². The number of hydrogen-bond donors (Lipinski definition) is 1. The Kier molecular flexibility index (Phi) is 5.30. The van der Waals surface area contributed by atoms with Crippen molar-refractivity contribution in [2.75, 3.05) is 19.6 Å². The second-order valence-corrected chi connectivity index (χ2v) is 6.09. The molecule has 1 aliphatic heterocycles. The Hall–Kier alpha value is -0.0800. The number of rotatable bonds is 5. The van der Waals surface area contributed by atoms with E-state index in [4.69, 9.17) is 5.73 Å². The van der Waals surface area contributed by atoms with Gasteiger partial charge in [0.1, 0.15) is 0 Å². The fourth-order valence-corrected chi connectivity index (χ4v) is 3.84. The van der Waals surface area contributed by atoms with E-state index in [9.17, 15) is 0 Å². The number of nitrogens with two attached hydrogens (primary N) is 1. The zero-order valence-electron chi connectivity index (χ0n) is 11.5. The lowest BCUT2D eigenvalue weighted by molar-refractivity contribution is 0.0564. The summed E-state index contributed by atoms with van der Waals surface area (Å²) >= 11 is 0. The van der Waals surface area contributed by atoms with Crippen LogP contribution in [-0.2, 0) is 0 Å². The van der Waals surface area contributed by atoms with Crippen molar-refractivity contribution < 1.29 is 0 Å². The number of fused-ring (bicyclic) bond motifs is 1. The molecule has 3 unspecified atom stereocenters. The summed E-state index contributed by atoms with van der Waals surface area (Å²) in [5, 5.41) is 0. The highest BCUT2D eigenvalue weighted by Crippen LogP contribution is 2.35. The first-order valence-corrected chi connectivity index (χ1v) is 7.79. The maximum absolute atomic E-state index is 5.81. The molecule has 1 heterocycles. The van der Waals surface area contributed by atoms with Gasteiger partial charge in [0.15, 0.2) is 0 Å². The third-order valence-corrected chi connectivity index (χ3v) is 5.09. The van der Waals surface area contributed by atoms with Gasteiger partial charge in [0, 0.05) is 6.04 Å². The van der Waals surface area contributed by atoms with Crippen LogP contribution in [0.25, 0.3) is 0 Å². The van der Waals surface area contributed by atoms with Crippen molar-refractivity contribution in [3.05, 3.63) is 0 Å². The summed E-state index contributed by atoms with van der Waals surface area (Å²) in [5.41, 5.74) is 5.81. The molecule has 17 heavy (non-hydrogen) atoms. The molecule has 2 nitrogen and oxygen atoms in total. The number of hydrogen-bond acceptors (Lipinski definition) is 2. The van der Waals surface area contributed by atoms with Crippen molar-refractivity contribution in [2.24, 2.45) is 17.6 Å². The molecule has 2 fully saturated rings. The van der Waals surface area contributed by atoms with Crippen molar-refractivity contribution >= 4 is 0 Å². The average Bonchev–Trinajstić information content (AvgIpc) is 2.40. The highest BCUT2D eigenvalue weighted by molar-refractivity contribution is 4.87. The van der Waals surface area contributed by atoms with Crippen LogP contribution in [0.15, 0.2) is 0 Å². The molecule has 0 aromatic heterocycles. The van der Waals surface area contributed by atoms with Crippen LogP contribution in [0.2, 0.25) is 0 Å². The van der Waals surface area contributed by atoms with Gasteiger partial charge in [-0.05, 0) is 63.6 Å². The van der Waals surface area contributed by atoms with Crippen molar-refractivity contribution in [1.29, 1.82) is 0 Å². The zero-order chi connectivity index (χ0) is 12.1. The molecule has 2 rings (SSSR count). The first-order chi connectivity index (χ1) is 8.35. The summed E-state index contributed by atoms with van der Waals surface area (Å²) in [7, 11) is 0. The molecular formula is C15H30N2. The van der Waals surface area contributed by atoms with E-state index < -0.39 is 0 Å². The SMILES string of the molecule is CCC(CN)CCN1CCCC2CCCCC21. The maximum Gasteiger partial charge on any atom is 0.0123 e. The predicted octanol–water partition coefficient (Wildman–Crippen LogP) is 3.02. The normalized spacial score (nSPS) is 32.1. The van der Waals surface area contributed by atoms with Gasteiger partial charge in [-0.2, -0.15) is 0 Å². The number of likely N-dealkylation sites (tertiary alicyclic amines) is 1. The van der Waals surface area contributed by atoms with Crippen LogP contribution < -0.4 is 5.73 Å². The minimum absolute atomic E-state index is 0.749. The monoisotopic (exact) mass is 238 g/mol. The van der Waals surface area contributed by atoms with Crippen LogP contribution in [0.4, 0.5) is 0 Å². The Morgan fingerprint density at radius 3 is 2.71 bits per heavy atom. The predicted molar refractivity (Wildman–Crippen MR) is 74.0 cm³/mol. The van der Waals surface area contributed by atoms with Gasteiger partial charge >= 0.3 is 0 Å². The molecule has 1 saturated heterocycles. The van der Waals surface area contributed by atoms with E-state index in [2.05, 4.69) is 11.8 Å². The van der Waals surface area contributed by atoms with Crippen LogP contribution in [-0.4, -0.2) is 30.6 Å². The van der Waals surface area contributed by atoms with Crippen LogP contribution in [0.5, 0.6) is 0 Å². The summed E-state index contributed by atoms with van der Waals surface area (Å²) in [6.07, 6.45) is 11.4. The van der Waals surface area contributed by atoms with Crippen molar-refractivity contribution in [2.45, 2.75) is 64.3 Å². The third kappa shape index (κ3) is 3.45. The summed E-state index contributed by atoms with van der Waals surface area (Å²) in [4.78, 5) is 2.80. The first-order valence-electron chi connectivity index (χ1n) is 7.79. The van der Waals surface area contributed by atoms with Crippen LogP contribution in [0.3, 0.4) is 0 Å². The van der Waals surface area contributed by atoms with E-state index in [1.165, 1.54) is 64.5 Å². The molecular weight excluding hydrogens is 208 g/mol. The standard InChI is InChI=1S/C15H30N2/c1-2-13(12-16)9-11-17-10-5-7-14-6-3-4-8-15(14)17/h13-15H,2-12,16H2,1H3. The molecule has 0 aromatic rings. The quantitative estimate of drug-likeness (QED) is 0.798. The minimum atomic E-state index is 0.749. The maximum atomic E-state index is 5.81. The number of nitrogens with zero attached hydrogens (tertiary/aromatic N) is 1. The molecule has 1 aliphatic carbocycles. The zero-order valence-corrected chi connectivity index (χ0v) is 11.5. The molecule has 100 valence electrons. The summed E-state index contributed by atoms with van der Waals surface area (Å²) < 4.78 is 0. The van der Waals surface area contributed by atoms with Crippen LogP contribution >= 0.6 is 0 Å². The fraction of sp³-hybridized carbons (Fsp3) is 1.00. The van der Waals surface area contributed by atoms with Crippen molar-refractivity contribution in [3.63, 3.8) is 0 Å². The Morgan fingerprint density at radius 1 is 1.18 bits per heavy atom. The molecule has 0 spiro atoms. The molecule has 2 heteroatoms. The average molecular weight is 238 g/mol. The van der Waals surface area contributed by atoms with E-state index in [1.54, 1.807) is 0 Å². The molecule has 1 saturated carbocycles. The van der Waals surface area contributed by atoms with Crippen LogP contribution in [0.1, 0.15) is 58.3 Å². The topological polar surface area (TPSA) is 29.3 Å². The molecule has 2 N–H and O–H groups in total. The summed E-state index contributed by atoms with van der Waals surface area (Å²) in [6.45, 7) is 5.80. The van der Waals surface area contributed by atoms with Gasteiger partial charge in [-0.1, -0.05) is 26.2 Å². The Bertz CT molecular complexity index is 211. The lowest BCUT2D eigenvalue weighted by Gasteiger charge is -2.44. The lowest BCUT2D eigenvalue weighted by atomic mass is 9.78. The van der Waals surface area contributed by atoms with Gasteiger partial charge in [0.05, 0.1) is 0 Å². The van der Waals surface area contributed by atoms with Gasteiger partial charge in [-0.3, -0.25) is 0 Å². The first kappa shape index (κ1) is 13.4.